The van der Waals surface area contributed by atoms with Crippen molar-refractivity contribution < 1.29 is 0 Å². The molecule has 1 heterocycles. The summed E-state index contributed by atoms with van der Waals surface area (Å²) in [7, 11) is 0. The Morgan fingerprint density at radius 2 is 1.71 bits per heavy atom. The molecule has 0 aliphatic heterocycles. The quantitative estimate of drug-likeness (QED) is 0.757. The highest BCUT2D eigenvalue weighted by Crippen LogP contribution is 2.26. The Morgan fingerprint density at radius 1 is 0.905 bits per heavy atom. The smallest absolute Gasteiger partial charge is 0.134 e. The van der Waals surface area contributed by atoms with Crippen LogP contribution in [0.25, 0.3) is 10.8 Å². The van der Waals surface area contributed by atoms with Crippen molar-refractivity contribution in [1.82, 2.24) is 4.98 Å². The van der Waals surface area contributed by atoms with E-state index in [0.717, 1.165) is 18.7 Å². The summed E-state index contributed by atoms with van der Waals surface area (Å²) in [6.45, 7) is 0. The Bertz CT molecular complexity index is 774. The van der Waals surface area contributed by atoms with Crippen molar-refractivity contribution in [1.29, 1.82) is 0 Å². The van der Waals surface area contributed by atoms with Crippen molar-refractivity contribution >= 4 is 16.6 Å². The lowest BCUT2D eigenvalue weighted by molar-refractivity contribution is 0.609. The van der Waals surface area contributed by atoms with Gasteiger partial charge in [-0.1, -0.05) is 48.5 Å². The highest BCUT2D eigenvalue weighted by Gasteiger charge is 2.18. The lowest BCUT2D eigenvalue weighted by Gasteiger charge is -2.26. The van der Waals surface area contributed by atoms with Gasteiger partial charge in [-0.05, 0) is 41.8 Å². The average molecular weight is 274 g/mol. The molecule has 1 aliphatic carbocycles. The molecule has 2 heteroatoms. The highest BCUT2D eigenvalue weighted by atomic mass is 15.0. The standard InChI is InChI=1S/C19H18N2/c1-2-7-16-13-17(10-9-14(16)5-1)21-19-18-8-4-3-6-15(18)11-12-20-19/h1-8,11-12,17H,9-10,13H2,(H,20,21). The summed E-state index contributed by atoms with van der Waals surface area (Å²) in [4.78, 5) is 4.55. The molecule has 0 saturated heterocycles. The van der Waals surface area contributed by atoms with Gasteiger partial charge in [-0.2, -0.15) is 0 Å². The largest absolute Gasteiger partial charge is 0.366 e. The Labute approximate surface area is 124 Å². The first-order valence-electron chi connectivity index (χ1n) is 7.57. The van der Waals surface area contributed by atoms with Crippen molar-refractivity contribution in [2.45, 2.75) is 25.3 Å². The predicted molar refractivity (Wildman–Crippen MR) is 87.6 cm³/mol. The van der Waals surface area contributed by atoms with Gasteiger partial charge in [0.15, 0.2) is 0 Å². The molecular weight excluding hydrogens is 256 g/mol. The SMILES string of the molecule is c1ccc2c(c1)CCC(Nc1nccc3ccccc13)C2. The van der Waals surface area contributed by atoms with Crippen molar-refractivity contribution in [3.63, 3.8) is 0 Å². The van der Waals surface area contributed by atoms with Gasteiger partial charge < -0.3 is 5.32 Å². The van der Waals surface area contributed by atoms with E-state index < -0.39 is 0 Å². The fourth-order valence-electron chi connectivity index (χ4n) is 3.25. The van der Waals surface area contributed by atoms with E-state index in [0.29, 0.717) is 6.04 Å². The highest BCUT2D eigenvalue weighted by molar-refractivity contribution is 5.91. The molecule has 0 bridgehead atoms. The Kier molecular flexibility index (Phi) is 3.07. The van der Waals surface area contributed by atoms with Gasteiger partial charge in [0.05, 0.1) is 0 Å². The summed E-state index contributed by atoms with van der Waals surface area (Å²) in [5, 5.41) is 6.10. The maximum Gasteiger partial charge on any atom is 0.134 e. The number of hydrogen-bond acceptors (Lipinski definition) is 2. The number of pyridine rings is 1. The van der Waals surface area contributed by atoms with Crippen LogP contribution in [-0.2, 0) is 12.8 Å². The minimum Gasteiger partial charge on any atom is -0.366 e. The van der Waals surface area contributed by atoms with Gasteiger partial charge in [0.2, 0.25) is 0 Å². The number of aromatic nitrogens is 1. The van der Waals surface area contributed by atoms with E-state index in [1.165, 1.54) is 28.3 Å². The number of benzene rings is 2. The average Bonchev–Trinajstić information content (AvgIpc) is 2.55. The zero-order valence-corrected chi connectivity index (χ0v) is 11.9. The molecule has 0 saturated carbocycles. The lowest BCUT2D eigenvalue weighted by atomic mass is 9.88. The topological polar surface area (TPSA) is 24.9 Å². The summed E-state index contributed by atoms with van der Waals surface area (Å²) in [5.74, 6) is 1.01. The summed E-state index contributed by atoms with van der Waals surface area (Å²) >= 11 is 0. The van der Waals surface area contributed by atoms with Gasteiger partial charge in [-0.25, -0.2) is 4.98 Å². The molecule has 0 spiro atoms. The van der Waals surface area contributed by atoms with Gasteiger partial charge in [0, 0.05) is 17.6 Å². The third-order valence-corrected chi connectivity index (χ3v) is 4.36. The van der Waals surface area contributed by atoms with Crippen LogP contribution in [0.2, 0.25) is 0 Å². The number of rotatable bonds is 2. The zero-order chi connectivity index (χ0) is 14.1. The molecule has 1 aliphatic rings. The minimum atomic E-state index is 0.471. The Hall–Kier alpha value is -2.35. The van der Waals surface area contributed by atoms with Gasteiger partial charge in [0.25, 0.3) is 0 Å². The van der Waals surface area contributed by atoms with Crippen molar-refractivity contribution in [3.8, 4) is 0 Å². The molecular formula is C19H18N2. The van der Waals surface area contributed by atoms with Crippen LogP contribution < -0.4 is 5.32 Å². The lowest BCUT2D eigenvalue weighted by Crippen LogP contribution is -2.27. The van der Waals surface area contributed by atoms with Crippen LogP contribution in [0.15, 0.2) is 60.8 Å². The molecule has 2 nitrogen and oxygen atoms in total. The van der Waals surface area contributed by atoms with Crippen molar-refractivity contribution in [2.75, 3.05) is 5.32 Å². The maximum absolute atomic E-state index is 4.55. The Morgan fingerprint density at radius 3 is 2.67 bits per heavy atom. The monoisotopic (exact) mass is 274 g/mol. The summed E-state index contributed by atoms with van der Waals surface area (Å²) in [5.41, 5.74) is 2.97. The molecule has 1 N–H and O–H groups in total. The number of aryl methyl sites for hydroxylation is 1. The number of nitrogens with one attached hydrogen (secondary N) is 1. The summed E-state index contributed by atoms with van der Waals surface area (Å²) < 4.78 is 0. The molecule has 0 radical (unpaired) electrons. The second-order valence-electron chi connectivity index (χ2n) is 5.73. The van der Waals surface area contributed by atoms with Crippen molar-refractivity contribution in [3.05, 3.63) is 71.9 Å². The minimum absolute atomic E-state index is 0.471. The van der Waals surface area contributed by atoms with Gasteiger partial charge in [-0.3, -0.25) is 0 Å². The third kappa shape index (κ3) is 2.38. The number of fused-ring (bicyclic) bond motifs is 2. The van der Waals surface area contributed by atoms with E-state index in [-0.39, 0.29) is 0 Å². The molecule has 0 fully saturated rings. The molecule has 21 heavy (non-hydrogen) atoms. The number of hydrogen-bond donors (Lipinski definition) is 1. The second-order valence-corrected chi connectivity index (χ2v) is 5.73. The van der Waals surface area contributed by atoms with Gasteiger partial charge in [0.1, 0.15) is 5.82 Å². The summed E-state index contributed by atoms with van der Waals surface area (Å²) in [6.07, 6.45) is 5.29. The van der Waals surface area contributed by atoms with E-state index in [2.05, 4.69) is 64.9 Å². The van der Waals surface area contributed by atoms with Crippen LogP contribution in [0.1, 0.15) is 17.5 Å². The molecule has 1 unspecified atom stereocenters. The van der Waals surface area contributed by atoms with Crippen LogP contribution in [-0.4, -0.2) is 11.0 Å². The summed E-state index contributed by atoms with van der Waals surface area (Å²) in [6, 6.07) is 19.7. The van der Waals surface area contributed by atoms with Crippen LogP contribution in [0.5, 0.6) is 0 Å². The number of anilines is 1. The molecule has 3 aromatic rings. The maximum atomic E-state index is 4.55. The normalized spacial score (nSPS) is 17.4. The fraction of sp³-hybridized carbons (Fsp3) is 0.211. The zero-order valence-electron chi connectivity index (χ0n) is 11.9. The van der Waals surface area contributed by atoms with Crippen molar-refractivity contribution in [2.24, 2.45) is 0 Å². The van der Waals surface area contributed by atoms with E-state index >= 15 is 0 Å². The van der Waals surface area contributed by atoms with E-state index in [4.69, 9.17) is 0 Å². The van der Waals surface area contributed by atoms with Gasteiger partial charge >= 0.3 is 0 Å². The van der Waals surface area contributed by atoms with E-state index in [1.54, 1.807) is 0 Å². The molecule has 1 aromatic heterocycles. The first-order valence-corrected chi connectivity index (χ1v) is 7.57. The molecule has 1 atom stereocenters. The van der Waals surface area contributed by atoms with Crippen LogP contribution in [0, 0.1) is 0 Å². The van der Waals surface area contributed by atoms with E-state index in [9.17, 15) is 0 Å². The molecule has 0 amide bonds. The fourth-order valence-corrected chi connectivity index (χ4v) is 3.25. The molecule has 2 aromatic carbocycles. The first-order chi connectivity index (χ1) is 10.4. The van der Waals surface area contributed by atoms with Crippen LogP contribution in [0.4, 0.5) is 5.82 Å². The Balaban J connectivity index is 1.62. The third-order valence-electron chi connectivity index (χ3n) is 4.36. The second kappa shape index (κ2) is 5.21. The van der Waals surface area contributed by atoms with Crippen LogP contribution >= 0.6 is 0 Å². The predicted octanol–water partition coefficient (Wildman–Crippen LogP) is 4.20. The van der Waals surface area contributed by atoms with Gasteiger partial charge in [-0.15, -0.1) is 0 Å². The van der Waals surface area contributed by atoms with Crippen LogP contribution in [0.3, 0.4) is 0 Å². The van der Waals surface area contributed by atoms with E-state index in [1.807, 2.05) is 6.20 Å². The molecule has 104 valence electrons. The number of nitrogens with zero attached hydrogens (tertiary/aromatic N) is 1. The molecule has 4 rings (SSSR count). The first kappa shape index (κ1) is 12.4.